The minimum absolute atomic E-state index is 0.142. The van der Waals surface area contributed by atoms with Crippen molar-refractivity contribution >= 4 is 39.1 Å². The largest absolute Gasteiger partial charge is 0.457 e. The highest BCUT2D eigenvalue weighted by Crippen LogP contribution is 2.27. The Morgan fingerprint density at radius 1 is 1.09 bits per heavy atom. The molecule has 7 nitrogen and oxygen atoms in total. The summed E-state index contributed by atoms with van der Waals surface area (Å²) < 4.78 is 6.67. The maximum absolute atomic E-state index is 13.1. The number of hydrogen-bond donors (Lipinski definition) is 1. The summed E-state index contributed by atoms with van der Waals surface area (Å²) in [6.45, 7) is 5.50. The first-order valence-electron chi connectivity index (χ1n) is 10.4. The van der Waals surface area contributed by atoms with Crippen molar-refractivity contribution in [1.82, 2.24) is 9.55 Å². The average Bonchev–Trinajstić information content (AvgIpc) is 3.14. The number of carbonyl (C=O) groups excluding carboxylic acids is 2. The topological polar surface area (TPSA) is 90.3 Å². The number of benzene rings is 2. The maximum Gasteiger partial charge on any atom is 0.349 e. The Bertz CT molecular complexity index is 1410. The molecular formula is C25H23N3O4S. The molecule has 0 unspecified atom stereocenters. The molecule has 0 radical (unpaired) electrons. The van der Waals surface area contributed by atoms with E-state index in [0.717, 1.165) is 28.0 Å². The molecule has 2 aromatic heterocycles. The van der Waals surface area contributed by atoms with Crippen LogP contribution in [0.1, 0.15) is 31.9 Å². The van der Waals surface area contributed by atoms with E-state index in [-0.39, 0.29) is 24.6 Å². The fraction of sp³-hybridized carbons (Fsp3) is 0.200. The fourth-order valence-electron chi connectivity index (χ4n) is 3.47. The van der Waals surface area contributed by atoms with Gasteiger partial charge in [0.15, 0.2) is 0 Å². The lowest BCUT2D eigenvalue weighted by molar-refractivity contribution is -0.116. The summed E-state index contributed by atoms with van der Waals surface area (Å²) in [4.78, 5) is 43.4. The lowest BCUT2D eigenvalue weighted by Gasteiger charge is -2.10. The number of fused-ring (bicyclic) bond motifs is 1. The molecule has 0 saturated heterocycles. The van der Waals surface area contributed by atoms with Gasteiger partial charge in [0.25, 0.3) is 5.56 Å². The summed E-state index contributed by atoms with van der Waals surface area (Å²) in [6.07, 6.45) is 1.34. The highest BCUT2D eigenvalue weighted by atomic mass is 32.1. The van der Waals surface area contributed by atoms with E-state index in [4.69, 9.17) is 4.74 Å². The number of hydrogen-bond acceptors (Lipinski definition) is 6. The lowest BCUT2D eigenvalue weighted by atomic mass is 10.1. The number of anilines is 1. The molecule has 4 aromatic rings. The summed E-state index contributed by atoms with van der Waals surface area (Å²) in [6, 6.07) is 15.2. The number of nitrogens with zero attached hydrogens (tertiary/aromatic N) is 2. The van der Waals surface area contributed by atoms with Crippen molar-refractivity contribution in [3.05, 3.63) is 92.3 Å². The van der Waals surface area contributed by atoms with E-state index in [1.807, 2.05) is 62.4 Å². The second kappa shape index (κ2) is 9.38. The SMILES string of the molecule is Cc1ccc(C)c(NC(=O)Cn2cnc3sc(C(=O)OCc4ccccc4)c(C)c3c2=O)c1. The Morgan fingerprint density at radius 2 is 1.85 bits per heavy atom. The average molecular weight is 462 g/mol. The third kappa shape index (κ3) is 4.85. The van der Waals surface area contributed by atoms with Crippen molar-refractivity contribution in [3.63, 3.8) is 0 Å². The molecule has 4 rings (SSSR count). The van der Waals surface area contributed by atoms with E-state index in [9.17, 15) is 14.4 Å². The van der Waals surface area contributed by atoms with E-state index in [0.29, 0.717) is 26.3 Å². The van der Waals surface area contributed by atoms with Gasteiger partial charge in [-0.3, -0.25) is 14.2 Å². The molecule has 2 aromatic carbocycles. The number of amides is 1. The van der Waals surface area contributed by atoms with Gasteiger partial charge in [0, 0.05) is 5.69 Å². The van der Waals surface area contributed by atoms with Crippen LogP contribution in [0.2, 0.25) is 0 Å². The summed E-state index contributed by atoms with van der Waals surface area (Å²) in [5, 5.41) is 3.17. The van der Waals surface area contributed by atoms with Crippen LogP contribution in [0.4, 0.5) is 5.69 Å². The molecule has 0 fully saturated rings. The van der Waals surface area contributed by atoms with Gasteiger partial charge in [0.1, 0.15) is 22.9 Å². The van der Waals surface area contributed by atoms with Crippen LogP contribution in [-0.4, -0.2) is 21.4 Å². The van der Waals surface area contributed by atoms with Crippen LogP contribution in [0.5, 0.6) is 0 Å². The predicted molar refractivity (Wildman–Crippen MR) is 129 cm³/mol. The lowest BCUT2D eigenvalue weighted by Crippen LogP contribution is -2.28. The molecule has 33 heavy (non-hydrogen) atoms. The van der Waals surface area contributed by atoms with Crippen LogP contribution in [0.25, 0.3) is 10.2 Å². The monoisotopic (exact) mass is 461 g/mol. The van der Waals surface area contributed by atoms with Crippen molar-refractivity contribution in [2.75, 3.05) is 5.32 Å². The van der Waals surface area contributed by atoms with Gasteiger partial charge >= 0.3 is 5.97 Å². The second-order valence-electron chi connectivity index (χ2n) is 7.84. The number of aromatic nitrogens is 2. The zero-order valence-corrected chi connectivity index (χ0v) is 19.4. The zero-order valence-electron chi connectivity index (χ0n) is 18.5. The standard InChI is InChI=1S/C25H23N3O4S/c1-15-9-10-16(2)19(11-15)27-20(29)12-28-14-26-23-21(24(28)30)17(3)22(33-23)25(31)32-13-18-7-5-4-6-8-18/h4-11,14H,12-13H2,1-3H3,(H,27,29). The van der Waals surface area contributed by atoms with E-state index in [1.165, 1.54) is 10.9 Å². The molecule has 1 amide bonds. The minimum atomic E-state index is -0.502. The van der Waals surface area contributed by atoms with Gasteiger partial charge in [-0.15, -0.1) is 11.3 Å². The number of thiophene rings is 1. The third-order valence-corrected chi connectivity index (χ3v) is 6.48. The first-order chi connectivity index (χ1) is 15.8. The molecule has 0 aliphatic heterocycles. The van der Waals surface area contributed by atoms with Gasteiger partial charge in [0.2, 0.25) is 5.91 Å². The molecule has 0 atom stereocenters. The normalized spacial score (nSPS) is 10.9. The molecule has 0 aliphatic rings. The summed E-state index contributed by atoms with van der Waals surface area (Å²) in [5.41, 5.74) is 3.68. The van der Waals surface area contributed by atoms with Crippen molar-refractivity contribution < 1.29 is 14.3 Å². The minimum Gasteiger partial charge on any atom is -0.457 e. The molecule has 168 valence electrons. The fourth-order valence-corrected chi connectivity index (χ4v) is 4.50. The Labute approximate surface area is 194 Å². The van der Waals surface area contributed by atoms with Crippen LogP contribution < -0.4 is 10.9 Å². The Hall–Kier alpha value is -3.78. The van der Waals surface area contributed by atoms with Crippen LogP contribution in [0.15, 0.2) is 59.7 Å². The number of rotatable bonds is 6. The van der Waals surface area contributed by atoms with Crippen LogP contribution in [0, 0.1) is 20.8 Å². The molecule has 1 N–H and O–H groups in total. The van der Waals surface area contributed by atoms with E-state index >= 15 is 0 Å². The molecule has 8 heteroatoms. The summed E-state index contributed by atoms with van der Waals surface area (Å²) in [5.74, 6) is -0.833. The highest BCUT2D eigenvalue weighted by molar-refractivity contribution is 7.20. The van der Waals surface area contributed by atoms with Crippen LogP contribution >= 0.6 is 11.3 Å². The number of nitrogens with one attached hydrogen (secondary N) is 1. The van der Waals surface area contributed by atoms with Crippen molar-refractivity contribution in [2.24, 2.45) is 0 Å². The zero-order chi connectivity index (χ0) is 23.5. The molecule has 0 aliphatic carbocycles. The number of esters is 1. The predicted octanol–water partition coefficient (Wildman–Crippen LogP) is 4.38. The van der Waals surface area contributed by atoms with Gasteiger partial charge < -0.3 is 10.1 Å². The highest BCUT2D eigenvalue weighted by Gasteiger charge is 2.21. The first kappa shape index (κ1) is 22.4. The third-order valence-electron chi connectivity index (χ3n) is 5.30. The van der Waals surface area contributed by atoms with Crippen LogP contribution in [-0.2, 0) is 22.7 Å². The van der Waals surface area contributed by atoms with Gasteiger partial charge in [-0.2, -0.15) is 0 Å². The van der Waals surface area contributed by atoms with Gasteiger partial charge in [-0.1, -0.05) is 42.5 Å². The molecule has 0 bridgehead atoms. The van der Waals surface area contributed by atoms with Crippen LogP contribution in [0.3, 0.4) is 0 Å². The van der Waals surface area contributed by atoms with E-state index in [2.05, 4.69) is 10.3 Å². The summed E-state index contributed by atoms with van der Waals surface area (Å²) in [7, 11) is 0. The molecular weight excluding hydrogens is 438 g/mol. The van der Waals surface area contributed by atoms with Gasteiger partial charge in [-0.25, -0.2) is 9.78 Å². The van der Waals surface area contributed by atoms with E-state index < -0.39 is 5.97 Å². The van der Waals surface area contributed by atoms with Gasteiger partial charge in [0.05, 0.1) is 11.7 Å². The first-order valence-corrected chi connectivity index (χ1v) is 11.2. The van der Waals surface area contributed by atoms with Crippen molar-refractivity contribution in [1.29, 1.82) is 0 Å². The Morgan fingerprint density at radius 3 is 2.61 bits per heavy atom. The van der Waals surface area contributed by atoms with Crippen molar-refractivity contribution in [2.45, 2.75) is 33.9 Å². The maximum atomic E-state index is 13.1. The number of carbonyl (C=O) groups is 2. The number of ether oxygens (including phenoxy) is 1. The molecule has 0 saturated carbocycles. The number of aryl methyl sites for hydroxylation is 3. The van der Waals surface area contributed by atoms with Crippen molar-refractivity contribution in [3.8, 4) is 0 Å². The second-order valence-corrected chi connectivity index (χ2v) is 8.84. The summed E-state index contributed by atoms with van der Waals surface area (Å²) >= 11 is 1.12. The smallest absolute Gasteiger partial charge is 0.349 e. The Balaban J connectivity index is 1.54. The molecule has 2 heterocycles. The Kier molecular flexibility index (Phi) is 6.37. The van der Waals surface area contributed by atoms with E-state index in [1.54, 1.807) is 6.92 Å². The quantitative estimate of drug-likeness (QED) is 0.431. The van der Waals surface area contributed by atoms with Gasteiger partial charge in [-0.05, 0) is 49.1 Å². The molecule has 0 spiro atoms.